The summed E-state index contributed by atoms with van der Waals surface area (Å²) in [6.45, 7) is 4.62. The van der Waals surface area contributed by atoms with Gasteiger partial charge >= 0.3 is 0 Å². The van der Waals surface area contributed by atoms with E-state index in [1.54, 1.807) is 11.8 Å². The molecular formula is C11H19N3O. The van der Waals surface area contributed by atoms with Crippen LogP contribution in [0.25, 0.3) is 6.08 Å². The molecule has 1 N–H and O–H groups in total. The van der Waals surface area contributed by atoms with Gasteiger partial charge in [-0.2, -0.15) is 5.10 Å². The van der Waals surface area contributed by atoms with Crippen LogP contribution in [-0.4, -0.2) is 36.6 Å². The van der Waals surface area contributed by atoms with E-state index in [0.29, 0.717) is 0 Å². The Balaban J connectivity index is 2.33. The predicted molar refractivity (Wildman–Crippen MR) is 61.6 cm³/mol. The molecule has 0 aliphatic rings. The Morgan fingerprint density at radius 1 is 1.67 bits per heavy atom. The fraction of sp³-hybridized carbons (Fsp3) is 0.545. The van der Waals surface area contributed by atoms with Crippen LogP contribution in [0.3, 0.4) is 0 Å². The van der Waals surface area contributed by atoms with Gasteiger partial charge in [-0.25, -0.2) is 0 Å². The van der Waals surface area contributed by atoms with E-state index in [4.69, 9.17) is 4.74 Å². The van der Waals surface area contributed by atoms with E-state index in [1.165, 1.54) is 5.57 Å². The number of ether oxygens (including phenoxy) is 1. The molecule has 84 valence electrons. The molecular weight excluding hydrogens is 190 g/mol. The van der Waals surface area contributed by atoms with E-state index >= 15 is 0 Å². The first kappa shape index (κ1) is 11.9. The molecule has 0 spiro atoms. The number of aryl methyl sites for hydroxylation is 1. The summed E-state index contributed by atoms with van der Waals surface area (Å²) >= 11 is 0. The fourth-order valence-corrected chi connectivity index (χ4v) is 1.31. The lowest BCUT2D eigenvalue weighted by Crippen LogP contribution is -2.20. The summed E-state index contributed by atoms with van der Waals surface area (Å²) < 4.78 is 6.75. The molecule has 0 unspecified atom stereocenters. The maximum absolute atomic E-state index is 4.95. The summed E-state index contributed by atoms with van der Waals surface area (Å²) in [5.74, 6) is 0. The molecule has 0 fully saturated rings. The number of nitrogens with zero attached hydrogens (tertiary/aromatic N) is 2. The van der Waals surface area contributed by atoms with Gasteiger partial charge in [0.25, 0.3) is 0 Å². The van der Waals surface area contributed by atoms with Crippen molar-refractivity contribution in [2.75, 3.05) is 26.8 Å². The predicted octanol–water partition coefficient (Wildman–Crippen LogP) is 1.06. The zero-order chi connectivity index (χ0) is 11.1. The lowest BCUT2D eigenvalue weighted by atomic mass is 10.2. The van der Waals surface area contributed by atoms with Gasteiger partial charge in [-0.05, 0) is 6.92 Å². The molecule has 1 heterocycles. The standard InChI is InChI=1S/C11H19N3O/c1-10(7-12-4-5-15-3)6-11-8-13-14(2)9-11/h6,8-9,12H,4-5,7H2,1-3H3. The summed E-state index contributed by atoms with van der Waals surface area (Å²) in [6, 6.07) is 0. The smallest absolute Gasteiger partial charge is 0.0587 e. The van der Waals surface area contributed by atoms with E-state index in [0.717, 1.165) is 25.3 Å². The molecule has 4 heteroatoms. The zero-order valence-electron chi connectivity index (χ0n) is 9.66. The molecule has 0 aromatic carbocycles. The second-order valence-corrected chi connectivity index (χ2v) is 3.61. The zero-order valence-corrected chi connectivity index (χ0v) is 9.66. The Morgan fingerprint density at radius 3 is 3.07 bits per heavy atom. The van der Waals surface area contributed by atoms with Crippen molar-refractivity contribution in [2.45, 2.75) is 6.92 Å². The number of rotatable bonds is 6. The lowest BCUT2D eigenvalue weighted by molar-refractivity contribution is 0.200. The Bertz CT molecular complexity index is 317. The molecule has 1 rings (SSSR count). The van der Waals surface area contributed by atoms with Gasteiger partial charge in [-0.15, -0.1) is 0 Å². The highest BCUT2D eigenvalue weighted by atomic mass is 16.5. The normalized spacial score (nSPS) is 12.1. The molecule has 0 amide bonds. The lowest BCUT2D eigenvalue weighted by Gasteiger charge is -2.03. The first-order chi connectivity index (χ1) is 7.22. The number of hydrogen-bond acceptors (Lipinski definition) is 3. The van der Waals surface area contributed by atoms with Crippen LogP contribution < -0.4 is 5.32 Å². The van der Waals surface area contributed by atoms with E-state index in [1.807, 2.05) is 19.4 Å². The van der Waals surface area contributed by atoms with Crippen molar-refractivity contribution in [3.63, 3.8) is 0 Å². The highest BCUT2D eigenvalue weighted by molar-refractivity contribution is 5.50. The van der Waals surface area contributed by atoms with Crippen LogP contribution in [0.1, 0.15) is 12.5 Å². The Hall–Kier alpha value is -1.13. The maximum atomic E-state index is 4.95. The minimum Gasteiger partial charge on any atom is -0.383 e. The Labute approximate surface area is 90.9 Å². The average molecular weight is 209 g/mol. The quantitative estimate of drug-likeness (QED) is 0.712. The van der Waals surface area contributed by atoms with Crippen LogP contribution in [0.4, 0.5) is 0 Å². The Kier molecular flexibility index (Phi) is 5.07. The molecule has 1 aromatic rings. The van der Waals surface area contributed by atoms with Gasteiger partial charge in [-0.3, -0.25) is 4.68 Å². The summed E-state index contributed by atoms with van der Waals surface area (Å²) in [6.07, 6.45) is 5.99. The molecule has 0 bridgehead atoms. The maximum Gasteiger partial charge on any atom is 0.0587 e. The van der Waals surface area contributed by atoms with Crippen LogP contribution in [0.15, 0.2) is 18.0 Å². The van der Waals surface area contributed by atoms with Crippen molar-refractivity contribution in [1.29, 1.82) is 0 Å². The molecule has 1 aromatic heterocycles. The highest BCUT2D eigenvalue weighted by Gasteiger charge is 1.94. The van der Waals surface area contributed by atoms with Gasteiger partial charge < -0.3 is 10.1 Å². The highest BCUT2D eigenvalue weighted by Crippen LogP contribution is 2.03. The van der Waals surface area contributed by atoms with E-state index in [-0.39, 0.29) is 0 Å². The van der Waals surface area contributed by atoms with Crippen molar-refractivity contribution in [3.05, 3.63) is 23.5 Å². The third-order valence-electron chi connectivity index (χ3n) is 2.02. The van der Waals surface area contributed by atoms with Gasteiger partial charge in [0.15, 0.2) is 0 Å². The Morgan fingerprint density at radius 2 is 2.47 bits per heavy atom. The largest absolute Gasteiger partial charge is 0.383 e. The topological polar surface area (TPSA) is 39.1 Å². The molecule has 0 saturated heterocycles. The summed E-state index contributed by atoms with van der Waals surface area (Å²) in [5, 5.41) is 7.40. The molecule has 0 aliphatic heterocycles. The first-order valence-corrected chi connectivity index (χ1v) is 5.08. The van der Waals surface area contributed by atoms with Gasteiger partial charge in [0.1, 0.15) is 0 Å². The first-order valence-electron chi connectivity index (χ1n) is 5.08. The van der Waals surface area contributed by atoms with Crippen molar-refractivity contribution >= 4 is 6.08 Å². The molecule has 0 atom stereocenters. The minimum absolute atomic E-state index is 0.750. The molecule has 0 saturated carbocycles. The van der Waals surface area contributed by atoms with Crippen molar-refractivity contribution in [3.8, 4) is 0 Å². The van der Waals surface area contributed by atoms with Crippen LogP contribution in [0.2, 0.25) is 0 Å². The second kappa shape index (κ2) is 6.37. The van der Waals surface area contributed by atoms with E-state index < -0.39 is 0 Å². The third kappa shape index (κ3) is 4.76. The van der Waals surface area contributed by atoms with E-state index in [9.17, 15) is 0 Å². The van der Waals surface area contributed by atoms with Crippen LogP contribution >= 0.6 is 0 Å². The molecule has 15 heavy (non-hydrogen) atoms. The van der Waals surface area contributed by atoms with Crippen molar-refractivity contribution in [1.82, 2.24) is 15.1 Å². The van der Waals surface area contributed by atoms with Crippen LogP contribution in [0, 0.1) is 0 Å². The van der Waals surface area contributed by atoms with Crippen LogP contribution in [0.5, 0.6) is 0 Å². The van der Waals surface area contributed by atoms with Gasteiger partial charge in [0, 0.05) is 39.0 Å². The molecule has 4 nitrogen and oxygen atoms in total. The van der Waals surface area contributed by atoms with Crippen LogP contribution in [-0.2, 0) is 11.8 Å². The molecule has 0 radical (unpaired) electrons. The number of nitrogens with one attached hydrogen (secondary N) is 1. The number of hydrogen-bond donors (Lipinski definition) is 1. The summed E-state index contributed by atoms with van der Waals surface area (Å²) in [4.78, 5) is 0. The number of methoxy groups -OCH3 is 1. The van der Waals surface area contributed by atoms with Crippen molar-refractivity contribution < 1.29 is 4.74 Å². The van der Waals surface area contributed by atoms with Gasteiger partial charge in [-0.1, -0.05) is 11.6 Å². The van der Waals surface area contributed by atoms with Crippen molar-refractivity contribution in [2.24, 2.45) is 7.05 Å². The number of aromatic nitrogens is 2. The SMILES string of the molecule is COCCNCC(C)=Cc1cnn(C)c1. The molecule has 0 aliphatic carbocycles. The van der Waals surface area contributed by atoms with Gasteiger partial charge in [0.2, 0.25) is 0 Å². The van der Waals surface area contributed by atoms with Gasteiger partial charge in [0.05, 0.1) is 12.8 Å². The fourth-order valence-electron chi connectivity index (χ4n) is 1.31. The summed E-state index contributed by atoms with van der Waals surface area (Å²) in [5.41, 5.74) is 2.43. The monoisotopic (exact) mass is 209 g/mol. The van der Waals surface area contributed by atoms with E-state index in [2.05, 4.69) is 23.4 Å². The third-order valence-corrected chi connectivity index (χ3v) is 2.02. The second-order valence-electron chi connectivity index (χ2n) is 3.61. The minimum atomic E-state index is 0.750. The summed E-state index contributed by atoms with van der Waals surface area (Å²) in [7, 11) is 3.63. The average Bonchev–Trinajstić information content (AvgIpc) is 2.59.